The molecule has 128 valence electrons. The van der Waals surface area contributed by atoms with Gasteiger partial charge in [0.15, 0.2) is 6.61 Å². The summed E-state index contributed by atoms with van der Waals surface area (Å²) in [7, 11) is 0. The average molecular weight is 325 g/mol. The van der Waals surface area contributed by atoms with E-state index >= 15 is 0 Å². The molecule has 0 heterocycles. The fourth-order valence-electron chi connectivity index (χ4n) is 2.97. The van der Waals surface area contributed by atoms with Crippen LogP contribution in [0.3, 0.4) is 0 Å². The van der Waals surface area contributed by atoms with Gasteiger partial charge in [0, 0.05) is 0 Å². The van der Waals surface area contributed by atoms with E-state index < -0.39 is 0 Å². The molecule has 2 aromatic rings. The first-order valence-corrected chi connectivity index (χ1v) is 8.35. The van der Waals surface area contributed by atoms with Crippen LogP contribution >= 0.6 is 0 Å². The van der Waals surface area contributed by atoms with Crippen molar-refractivity contribution in [3.8, 4) is 5.75 Å². The van der Waals surface area contributed by atoms with Gasteiger partial charge in [-0.25, -0.2) is 0 Å². The highest BCUT2D eigenvalue weighted by atomic mass is 16.5. The third-order valence-corrected chi connectivity index (χ3v) is 4.39. The summed E-state index contributed by atoms with van der Waals surface area (Å²) in [5.74, 6) is 0.669. The number of hydrogen-bond acceptors (Lipinski definition) is 2. The lowest BCUT2D eigenvalue weighted by Gasteiger charge is -2.18. The van der Waals surface area contributed by atoms with Gasteiger partial charge in [0.2, 0.25) is 0 Å². The summed E-state index contributed by atoms with van der Waals surface area (Å²) in [6, 6.07) is 10.3. The van der Waals surface area contributed by atoms with Gasteiger partial charge in [-0.2, -0.15) is 0 Å². The molecule has 24 heavy (non-hydrogen) atoms. The van der Waals surface area contributed by atoms with Crippen molar-refractivity contribution in [2.75, 3.05) is 6.61 Å². The second kappa shape index (κ2) is 7.52. The maximum Gasteiger partial charge on any atom is 0.258 e. The lowest BCUT2D eigenvalue weighted by molar-refractivity contribution is -0.123. The molecule has 0 radical (unpaired) electrons. The Balaban J connectivity index is 1.98. The van der Waals surface area contributed by atoms with Crippen LogP contribution in [0.4, 0.5) is 0 Å². The minimum Gasteiger partial charge on any atom is -0.483 e. The highest BCUT2D eigenvalue weighted by Crippen LogP contribution is 2.23. The molecule has 2 aromatic carbocycles. The van der Waals surface area contributed by atoms with Gasteiger partial charge < -0.3 is 10.1 Å². The normalized spacial score (nSPS) is 11.9. The highest BCUT2D eigenvalue weighted by molar-refractivity contribution is 5.78. The summed E-state index contributed by atoms with van der Waals surface area (Å²) in [5, 5.41) is 3.01. The van der Waals surface area contributed by atoms with Crippen LogP contribution < -0.4 is 10.1 Å². The van der Waals surface area contributed by atoms with E-state index in [-0.39, 0.29) is 18.6 Å². The zero-order valence-corrected chi connectivity index (χ0v) is 15.5. The Bertz CT molecular complexity index is 750. The van der Waals surface area contributed by atoms with Crippen LogP contribution in [0.15, 0.2) is 30.3 Å². The van der Waals surface area contributed by atoms with Crippen molar-refractivity contribution in [3.63, 3.8) is 0 Å². The number of carbonyl (C=O) groups is 1. The number of benzene rings is 2. The molecule has 0 spiro atoms. The maximum atomic E-state index is 12.2. The van der Waals surface area contributed by atoms with Crippen LogP contribution in [-0.2, 0) is 4.79 Å². The Labute approximate surface area is 145 Å². The van der Waals surface area contributed by atoms with E-state index in [0.717, 1.165) is 22.4 Å². The molecule has 0 fully saturated rings. The predicted octanol–water partition coefficient (Wildman–Crippen LogP) is 4.48. The lowest BCUT2D eigenvalue weighted by atomic mass is 10.0. The molecule has 3 heteroatoms. The molecule has 1 amide bonds. The molecule has 0 aliphatic carbocycles. The zero-order chi connectivity index (χ0) is 17.9. The molecular formula is C21H27NO2. The maximum absolute atomic E-state index is 12.2. The minimum atomic E-state index is -0.110. The standard InChI is InChI=1S/C21H27NO2/c1-13-7-8-19(16(4)9-13)18(6)22-21(23)12-24-20-11-14(2)10-15(3)17(20)5/h7-11,18H,12H2,1-6H3,(H,22,23). The van der Waals surface area contributed by atoms with Gasteiger partial charge in [-0.15, -0.1) is 0 Å². The highest BCUT2D eigenvalue weighted by Gasteiger charge is 2.13. The van der Waals surface area contributed by atoms with Crippen LogP contribution in [0.25, 0.3) is 0 Å². The number of hydrogen-bond donors (Lipinski definition) is 1. The van der Waals surface area contributed by atoms with Gasteiger partial charge in [0.25, 0.3) is 5.91 Å². The third kappa shape index (κ3) is 4.38. The van der Waals surface area contributed by atoms with Crippen LogP contribution in [-0.4, -0.2) is 12.5 Å². The van der Waals surface area contributed by atoms with E-state index in [4.69, 9.17) is 4.74 Å². The van der Waals surface area contributed by atoms with Crippen LogP contribution in [0.2, 0.25) is 0 Å². The van der Waals surface area contributed by atoms with Crippen molar-refractivity contribution in [2.45, 2.75) is 47.6 Å². The lowest BCUT2D eigenvalue weighted by Crippen LogP contribution is -2.31. The van der Waals surface area contributed by atoms with E-state index in [1.165, 1.54) is 16.7 Å². The number of ether oxygens (including phenoxy) is 1. The smallest absolute Gasteiger partial charge is 0.258 e. The molecule has 0 saturated carbocycles. The molecule has 2 rings (SSSR count). The van der Waals surface area contributed by atoms with Gasteiger partial charge in [-0.3, -0.25) is 4.79 Å². The van der Waals surface area contributed by atoms with E-state index in [9.17, 15) is 4.79 Å². The van der Waals surface area contributed by atoms with Gasteiger partial charge in [0.1, 0.15) is 5.75 Å². The first-order chi connectivity index (χ1) is 11.3. The zero-order valence-electron chi connectivity index (χ0n) is 15.5. The van der Waals surface area contributed by atoms with Crippen molar-refractivity contribution >= 4 is 5.91 Å². The van der Waals surface area contributed by atoms with Crippen molar-refractivity contribution in [3.05, 3.63) is 63.7 Å². The molecule has 0 bridgehead atoms. The van der Waals surface area contributed by atoms with E-state index in [1.54, 1.807) is 0 Å². The summed E-state index contributed by atoms with van der Waals surface area (Å²) in [6.45, 7) is 12.3. The summed E-state index contributed by atoms with van der Waals surface area (Å²) in [4.78, 5) is 12.2. The molecule has 3 nitrogen and oxygen atoms in total. The van der Waals surface area contributed by atoms with Crippen molar-refractivity contribution in [1.82, 2.24) is 5.32 Å². The summed E-state index contributed by atoms with van der Waals surface area (Å²) in [6.07, 6.45) is 0. The first-order valence-electron chi connectivity index (χ1n) is 8.35. The monoisotopic (exact) mass is 325 g/mol. The van der Waals surface area contributed by atoms with Crippen LogP contribution in [0.5, 0.6) is 5.75 Å². The quantitative estimate of drug-likeness (QED) is 0.880. The van der Waals surface area contributed by atoms with Crippen molar-refractivity contribution < 1.29 is 9.53 Å². The topological polar surface area (TPSA) is 38.3 Å². The molecule has 1 unspecified atom stereocenters. The third-order valence-electron chi connectivity index (χ3n) is 4.39. The first kappa shape index (κ1) is 18.1. The van der Waals surface area contributed by atoms with Gasteiger partial charge in [-0.1, -0.05) is 29.8 Å². The molecule has 0 aliphatic rings. The van der Waals surface area contributed by atoms with Crippen molar-refractivity contribution in [2.24, 2.45) is 0 Å². The Morgan fingerprint density at radius 3 is 2.33 bits per heavy atom. The van der Waals surface area contributed by atoms with E-state index in [1.807, 2.05) is 26.8 Å². The molecule has 1 atom stereocenters. The van der Waals surface area contributed by atoms with E-state index in [0.29, 0.717) is 0 Å². The average Bonchev–Trinajstić information content (AvgIpc) is 2.49. The van der Waals surface area contributed by atoms with Gasteiger partial charge >= 0.3 is 0 Å². The fourth-order valence-corrected chi connectivity index (χ4v) is 2.97. The summed E-state index contributed by atoms with van der Waals surface area (Å²) >= 11 is 0. The van der Waals surface area contributed by atoms with Crippen molar-refractivity contribution in [1.29, 1.82) is 0 Å². The number of amides is 1. The molecular weight excluding hydrogens is 298 g/mol. The molecule has 0 saturated heterocycles. The predicted molar refractivity (Wildman–Crippen MR) is 98.6 cm³/mol. The second-order valence-corrected chi connectivity index (χ2v) is 6.64. The minimum absolute atomic E-state index is 0.0268. The van der Waals surface area contributed by atoms with Crippen LogP contribution in [0.1, 0.15) is 46.3 Å². The number of carbonyl (C=O) groups excluding carboxylic acids is 1. The second-order valence-electron chi connectivity index (χ2n) is 6.64. The van der Waals surface area contributed by atoms with Gasteiger partial charge in [0.05, 0.1) is 6.04 Å². The molecule has 0 aromatic heterocycles. The Hall–Kier alpha value is -2.29. The fraction of sp³-hybridized carbons (Fsp3) is 0.381. The largest absolute Gasteiger partial charge is 0.483 e. The SMILES string of the molecule is Cc1ccc(C(C)NC(=O)COc2cc(C)cc(C)c2C)c(C)c1. The number of rotatable bonds is 5. The summed E-state index contributed by atoms with van der Waals surface area (Å²) < 4.78 is 5.73. The Kier molecular flexibility index (Phi) is 5.66. The van der Waals surface area contributed by atoms with E-state index in [2.05, 4.69) is 50.4 Å². The number of nitrogens with one attached hydrogen (secondary N) is 1. The summed E-state index contributed by atoms with van der Waals surface area (Å²) in [5.41, 5.74) is 6.94. The molecule has 1 N–H and O–H groups in total. The Morgan fingerprint density at radius 2 is 1.67 bits per heavy atom. The van der Waals surface area contributed by atoms with Gasteiger partial charge in [-0.05, 0) is 75.4 Å². The number of aryl methyl sites for hydroxylation is 4. The molecule has 0 aliphatic heterocycles. The Morgan fingerprint density at radius 1 is 1.00 bits per heavy atom. The van der Waals surface area contributed by atoms with Crippen LogP contribution in [0, 0.1) is 34.6 Å².